The van der Waals surface area contributed by atoms with E-state index in [2.05, 4.69) is 53.7 Å². The van der Waals surface area contributed by atoms with Crippen molar-refractivity contribution in [2.75, 3.05) is 0 Å². The van der Waals surface area contributed by atoms with Crippen LogP contribution >= 0.6 is 0 Å². The van der Waals surface area contributed by atoms with Crippen LogP contribution in [0.3, 0.4) is 0 Å². The van der Waals surface area contributed by atoms with Gasteiger partial charge in [0.15, 0.2) is 0 Å². The zero-order valence-corrected chi connectivity index (χ0v) is 15.7. The SMILES string of the molecule is CC(C)c1cc(C(C)C)[c]([Zn+])c(C(C)C)c1.[Cl-]. The van der Waals surface area contributed by atoms with Gasteiger partial charge in [-0.05, 0) is 0 Å². The Kier molecular flexibility index (Phi) is 6.96. The largest absolute Gasteiger partial charge is 1.00 e. The van der Waals surface area contributed by atoms with E-state index in [0.717, 1.165) is 0 Å². The van der Waals surface area contributed by atoms with Crippen molar-refractivity contribution in [1.82, 2.24) is 0 Å². The zero-order chi connectivity index (χ0) is 12.5. The van der Waals surface area contributed by atoms with Crippen molar-refractivity contribution in [1.29, 1.82) is 0 Å². The Balaban J connectivity index is 0.00000256. The van der Waals surface area contributed by atoms with Crippen molar-refractivity contribution in [3.63, 3.8) is 0 Å². The summed E-state index contributed by atoms with van der Waals surface area (Å²) in [5.74, 6) is 1.94. The molecule has 0 atom stereocenters. The molecule has 0 amide bonds. The van der Waals surface area contributed by atoms with E-state index in [1.807, 2.05) is 0 Å². The molecule has 0 unspecified atom stereocenters. The molecule has 0 aliphatic heterocycles. The summed E-state index contributed by atoms with van der Waals surface area (Å²) >= 11 is 1.28. The topological polar surface area (TPSA) is 0 Å². The molecule has 2 heteroatoms. The van der Waals surface area contributed by atoms with E-state index in [1.165, 1.54) is 23.9 Å². The van der Waals surface area contributed by atoms with Crippen molar-refractivity contribution < 1.29 is 30.7 Å². The fraction of sp³-hybridized carbons (Fsp3) is 0.600. The molecule has 0 fully saturated rings. The third-order valence-corrected chi connectivity index (χ3v) is 4.97. The summed E-state index contributed by atoms with van der Waals surface area (Å²) in [4.78, 5) is 0. The van der Waals surface area contributed by atoms with Gasteiger partial charge in [-0.15, -0.1) is 0 Å². The van der Waals surface area contributed by atoms with Crippen LogP contribution in [0.25, 0.3) is 0 Å². The summed E-state index contributed by atoms with van der Waals surface area (Å²) in [6, 6.07) is 4.86. The molecule has 17 heavy (non-hydrogen) atoms. The summed E-state index contributed by atoms with van der Waals surface area (Å²) in [7, 11) is 0. The van der Waals surface area contributed by atoms with Gasteiger partial charge in [0.1, 0.15) is 0 Å². The second-order valence-corrected chi connectivity index (χ2v) is 7.13. The molecule has 92 valence electrons. The van der Waals surface area contributed by atoms with Gasteiger partial charge in [0, 0.05) is 0 Å². The molecular formula is C15H23ClZn. The van der Waals surface area contributed by atoms with E-state index in [9.17, 15) is 0 Å². The van der Waals surface area contributed by atoms with Crippen molar-refractivity contribution in [3.8, 4) is 0 Å². The Morgan fingerprint density at radius 2 is 1.12 bits per heavy atom. The van der Waals surface area contributed by atoms with Gasteiger partial charge in [0.25, 0.3) is 0 Å². The fourth-order valence-corrected chi connectivity index (χ4v) is 4.25. The minimum atomic E-state index is 0. The van der Waals surface area contributed by atoms with Gasteiger partial charge in [0.05, 0.1) is 0 Å². The van der Waals surface area contributed by atoms with Gasteiger partial charge in [0.2, 0.25) is 0 Å². The first-order valence-corrected chi connectivity index (χ1v) is 7.82. The Bertz CT molecular complexity index is 338. The number of hydrogen-bond acceptors (Lipinski definition) is 0. The molecular weight excluding hydrogens is 281 g/mol. The summed E-state index contributed by atoms with van der Waals surface area (Å²) in [5, 5.41) is 0. The van der Waals surface area contributed by atoms with E-state index in [4.69, 9.17) is 0 Å². The Labute approximate surface area is 123 Å². The molecule has 0 saturated carbocycles. The molecule has 1 rings (SSSR count). The maximum atomic E-state index is 2.43. The minimum absolute atomic E-state index is 0. The van der Waals surface area contributed by atoms with Crippen molar-refractivity contribution in [2.24, 2.45) is 0 Å². The van der Waals surface area contributed by atoms with Crippen LogP contribution in [0.4, 0.5) is 0 Å². The maximum Gasteiger partial charge on any atom is -1.00 e. The molecule has 0 bridgehead atoms. The van der Waals surface area contributed by atoms with E-state index < -0.39 is 0 Å². The zero-order valence-electron chi connectivity index (χ0n) is 12.0. The standard InChI is InChI=1S/C15H23.ClH.Zn/c1-10(2)13-7-14(11(3)4)9-15(8-13)12(5)6;;/h7-8,10-12H,1-6H3;1H;/q;;+1/p-1. The van der Waals surface area contributed by atoms with E-state index in [1.54, 1.807) is 15.3 Å². The van der Waals surface area contributed by atoms with Crippen LogP contribution in [0, 0.1) is 0 Å². The summed E-state index contributed by atoms with van der Waals surface area (Å²) in [6.07, 6.45) is 0. The molecule has 0 saturated heterocycles. The first-order chi connectivity index (χ1) is 7.34. The Morgan fingerprint density at radius 3 is 1.35 bits per heavy atom. The summed E-state index contributed by atoms with van der Waals surface area (Å²) < 4.78 is 1.62. The molecule has 0 heterocycles. The van der Waals surface area contributed by atoms with Crippen LogP contribution < -0.4 is 16.6 Å². The second kappa shape index (κ2) is 6.90. The average Bonchev–Trinajstić information content (AvgIpc) is 2.16. The smallest absolute Gasteiger partial charge is 1.00 e. The molecule has 0 radical (unpaired) electrons. The van der Waals surface area contributed by atoms with Crippen molar-refractivity contribution >= 4 is 4.16 Å². The molecule has 0 spiro atoms. The number of halogens is 1. The van der Waals surface area contributed by atoms with Crippen LogP contribution in [-0.4, -0.2) is 0 Å². The van der Waals surface area contributed by atoms with E-state index >= 15 is 0 Å². The maximum absolute atomic E-state index is 2.43. The number of benzene rings is 1. The predicted molar refractivity (Wildman–Crippen MR) is 68.3 cm³/mol. The first-order valence-electron chi connectivity index (χ1n) is 6.34. The Morgan fingerprint density at radius 1 is 0.765 bits per heavy atom. The van der Waals surface area contributed by atoms with Gasteiger partial charge in [-0.25, -0.2) is 0 Å². The molecule has 1 aromatic rings. The van der Waals surface area contributed by atoms with Gasteiger partial charge in [-0.1, -0.05) is 0 Å². The quantitative estimate of drug-likeness (QED) is 0.737. The average molecular weight is 304 g/mol. The van der Waals surface area contributed by atoms with Crippen LogP contribution in [0.1, 0.15) is 76.0 Å². The monoisotopic (exact) mass is 302 g/mol. The third-order valence-electron chi connectivity index (χ3n) is 3.25. The molecule has 0 aliphatic carbocycles. The molecule has 0 aliphatic rings. The van der Waals surface area contributed by atoms with E-state index in [0.29, 0.717) is 17.8 Å². The van der Waals surface area contributed by atoms with Gasteiger partial charge >= 0.3 is 111 Å². The van der Waals surface area contributed by atoms with Crippen LogP contribution in [0.2, 0.25) is 0 Å². The second-order valence-electron chi connectivity index (χ2n) is 5.64. The van der Waals surface area contributed by atoms with Crippen LogP contribution in [0.5, 0.6) is 0 Å². The van der Waals surface area contributed by atoms with Gasteiger partial charge in [-0.2, -0.15) is 0 Å². The van der Waals surface area contributed by atoms with E-state index in [-0.39, 0.29) is 12.4 Å². The molecule has 1 aromatic carbocycles. The normalized spacial score (nSPS) is 11.2. The van der Waals surface area contributed by atoms with Crippen molar-refractivity contribution in [3.05, 3.63) is 28.8 Å². The van der Waals surface area contributed by atoms with Gasteiger partial charge < -0.3 is 12.4 Å². The van der Waals surface area contributed by atoms with Crippen LogP contribution in [0.15, 0.2) is 12.1 Å². The first kappa shape index (κ1) is 17.1. The fourth-order valence-electron chi connectivity index (χ4n) is 2.11. The molecule has 0 nitrogen and oxygen atoms in total. The minimum Gasteiger partial charge on any atom is -1.00 e. The van der Waals surface area contributed by atoms with Crippen LogP contribution in [-0.2, 0) is 18.3 Å². The predicted octanol–water partition coefficient (Wildman–Crippen LogP) is 1.23. The Hall–Kier alpha value is 0.133. The summed E-state index contributed by atoms with van der Waals surface area (Å²) in [6.45, 7) is 13.8. The third kappa shape index (κ3) is 4.07. The summed E-state index contributed by atoms with van der Waals surface area (Å²) in [5.41, 5.74) is 4.66. The number of rotatable bonds is 3. The van der Waals surface area contributed by atoms with Crippen molar-refractivity contribution in [2.45, 2.75) is 59.3 Å². The molecule has 0 N–H and O–H groups in total. The van der Waals surface area contributed by atoms with Gasteiger partial charge in [-0.3, -0.25) is 0 Å². The number of hydrogen-bond donors (Lipinski definition) is 0. The molecule has 0 aromatic heterocycles.